The Balaban J connectivity index is 1.42. The van der Waals surface area contributed by atoms with Crippen molar-refractivity contribution in [2.24, 2.45) is 0 Å². The van der Waals surface area contributed by atoms with Crippen molar-refractivity contribution in [1.82, 2.24) is 0 Å². The Hall–Kier alpha value is -3.15. The molecule has 0 spiro atoms. The van der Waals surface area contributed by atoms with E-state index < -0.39 is 37.3 Å². The van der Waals surface area contributed by atoms with Crippen LogP contribution in [0.4, 0.5) is 0 Å². The van der Waals surface area contributed by atoms with E-state index in [0.29, 0.717) is 41.2 Å². The molecular formula is C24H24O10. The molecule has 0 aliphatic carbocycles. The van der Waals surface area contributed by atoms with E-state index in [0.717, 1.165) is 6.42 Å². The smallest absolute Gasteiger partial charge is 0.229 e. The van der Waals surface area contributed by atoms with E-state index in [1.165, 1.54) is 24.5 Å². The lowest BCUT2D eigenvalue weighted by Gasteiger charge is -2.39. The Labute approximate surface area is 193 Å². The van der Waals surface area contributed by atoms with Crippen LogP contribution in [0.5, 0.6) is 17.2 Å². The van der Waals surface area contributed by atoms with Gasteiger partial charge in [0.05, 0.1) is 30.8 Å². The van der Waals surface area contributed by atoms with Crippen molar-refractivity contribution in [2.45, 2.75) is 37.1 Å². The van der Waals surface area contributed by atoms with Crippen LogP contribution in [0.3, 0.4) is 0 Å². The number of hydrogen-bond donors (Lipinski definition) is 4. The van der Waals surface area contributed by atoms with Crippen LogP contribution in [0.1, 0.15) is 6.42 Å². The first-order valence-electron chi connectivity index (χ1n) is 10.9. The largest absolute Gasteiger partial charge is 0.490 e. The summed E-state index contributed by atoms with van der Waals surface area (Å²) >= 11 is 0. The van der Waals surface area contributed by atoms with Crippen LogP contribution < -0.4 is 19.6 Å². The lowest BCUT2D eigenvalue weighted by atomic mass is 9.99. The average molecular weight is 472 g/mol. The van der Waals surface area contributed by atoms with Gasteiger partial charge in [0.15, 0.2) is 16.9 Å². The van der Waals surface area contributed by atoms with Crippen LogP contribution in [-0.4, -0.2) is 71.0 Å². The minimum atomic E-state index is -1.56. The molecule has 2 aromatic carbocycles. The van der Waals surface area contributed by atoms with Crippen molar-refractivity contribution in [3.63, 3.8) is 0 Å². The van der Waals surface area contributed by atoms with Gasteiger partial charge < -0.3 is 43.8 Å². The first kappa shape index (κ1) is 22.6. The van der Waals surface area contributed by atoms with Gasteiger partial charge in [-0.2, -0.15) is 0 Å². The fourth-order valence-electron chi connectivity index (χ4n) is 4.01. The third kappa shape index (κ3) is 4.10. The van der Waals surface area contributed by atoms with E-state index in [-0.39, 0.29) is 16.8 Å². The molecule has 5 atom stereocenters. The Morgan fingerprint density at radius 2 is 1.74 bits per heavy atom. The summed E-state index contributed by atoms with van der Waals surface area (Å²) in [6, 6.07) is 9.75. The summed E-state index contributed by atoms with van der Waals surface area (Å²) in [7, 11) is 0. The predicted molar refractivity (Wildman–Crippen MR) is 118 cm³/mol. The van der Waals surface area contributed by atoms with Gasteiger partial charge in [-0.3, -0.25) is 4.79 Å². The highest BCUT2D eigenvalue weighted by Gasteiger charge is 2.44. The second-order valence-corrected chi connectivity index (χ2v) is 8.16. The maximum Gasteiger partial charge on any atom is 0.229 e. The van der Waals surface area contributed by atoms with Crippen LogP contribution in [0.2, 0.25) is 0 Å². The average Bonchev–Trinajstić information content (AvgIpc) is 3.09. The molecule has 0 unspecified atom stereocenters. The number of hydrogen-bond acceptors (Lipinski definition) is 10. The van der Waals surface area contributed by atoms with E-state index in [1.807, 2.05) is 0 Å². The molecule has 1 fully saturated rings. The van der Waals surface area contributed by atoms with Gasteiger partial charge in [0.25, 0.3) is 0 Å². The third-order valence-corrected chi connectivity index (χ3v) is 5.91. The molecule has 3 heterocycles. The third-order valence-electron chi connectivity index (χ3n) is 5.91. The number of aliphatic hydroxyl groups excluding tert-OH is 4. The molecule has 3 aromatic rings. The van der Waals surface area contributed by atoms with Gasteiger partial charge in [-0.25, -0.2) is 0 Å². The van der Waals surface area contributed by atoms with Crippen LogP contribution in [0.15, 0.2) is 51.9 Å². The van der Waals surface area contributed by atoms with Gasteiger partial charge >= 0.3 is 0 Å². The fraction of sp³-hybridized carbons (Fsp3) is 0.375. The molecule has 0 saturated carbocycles. The van der Waals surface area contributed by atoms with E-state index in [1.54, 1.807) is 18.2 Å². The molecular weight excluding hydrogens is 448 g/mol. The SMILES string of the molecule is O=c1c(-c2ccc3c(c2)OCCCO3)coc2cc(O[C@H]3O[C@H](CO)[C@@H](O)[C@@H](O)[C@H]3O)ccc12. The molecule has 0 amide bonds. The summed E-state index contributed by atoms with van der Waals surface area (Å²) in [6.07, 6.45) is -4.93. The van der Waals surface area contributed by atoms with Gasteiger partial charge in [-0.15, -0.1) is 0 Å². The maximum absolute atomic E-state index is 13.2. The van der Waals surface area contributed by atoms with Gasteiger partial charge in [0.2, 0.25) is 6.29 Å². The molecule has 34 heavy (non-hydrogen) atoms. The summed E-state index contributed by atoms with van der Waals surface area (Å²) in [5, 5.41) is 39.6. The maximum atomic E-state index is 13.2. The first-order chi connectivity index (χ1) is 16.5. The van der Waals surface area contributed by atoms with Crippen molar-refractivity contribution in [3.8, 4) is 28.4 Å². The van der Waals surface area contributed by atoms with Crippen LogP contribution >= 0.6 is 0 Å². The molecule has 4 N–H and O–H groups in total. The predicted octanol–water partition coefficient (Wildman–Crippen LogP) is 0.800. The molecule has 2 aliphatic heterocycles. The van der Waals surface area contributed by atoms with Crippen molar-refractivity contribution in [2.75, 3.05) is 19.8 Å². The van der Waals surface area contributed by atoms with E-state index in [2.05, 4.69) is 0 Å². The quantitative estimate of drug-likeness (QED) is 0.430. The van der Waals surface area contributed by atoms with Crippen molar-refractivity contribution in [3.05, 3.63) is 52.9 Å². The van der Waals surface area contributed by atoms with Crippen LogP contribution in [-0.2, 0) is 4.74 Å². The minimum Gasteiger partial charge on any atom is -0.490 e. The fourth-order valence-corrected chi connectivity index (χ4v) is 4.01. The summed E-state index contributed by atoms with van der Waals surface area (Å²) in [5.74, 6) is 1.39. The number of benzene rings is 2. The Kier molecular flexibility index (Phi) is 6.15. The van der Waals surface area contributed by atoms with E-state index >= 15 is 0 Å². The van der Waals surface area contributed by atoms with Gasteiger partial charge in [-0.1, -0.05) is 6.07 Å². The number of fused-ring (bicyclic) bond motifs is 2. The summed E-state index contributed by atoms with van der Waals surface area (Å²) < 4.78 is 28.0. The molecule has 10 heteroatoms. The second-order valence-electron chi connectivity index (χ2n) is 8.16. The van der Waals surface area contributed by atoms with Crippen LogP contribution in [0.25, 0.3) is 22.1 Å². The minimum absolute atomic E-state index is 0.198. The molecule has 1 aromatic heterocycles. The molecule has 0 radical (unpaired) electrons. The highest BCUT2D eigenvalue weighted by Crippen LogP contribution is 2.34. The van der Waals surface area contributed by atoms with Crippen molar-refractivity contribution >= 4 is 11.0 Å². The topological polar surface area (TPSA) is 148 Å². The zero-order valence-electron chi connectivity index (χ0n) is 18.0. The van der Waals surface area contributed by atoms with Crippen molar-refractivity contribution in [1.29, 1.82) is 0 Å². The van der Waals surface area contributed by atoms with Crippen LogP contribution in [0, 0.1) is 0 Å². The summed E-state index contributed by atoms with van der Waals surface area (Å²) in [4.78, 5) is 13.2. The zero-order valence-corrected chi connectivity index (χ0v) is 18.0. The lowest BCUT2D eigenvalue weighted by Crippen LogP contribution is -2.60. The molecule has 2 aliphatic rings. The Bertz CT molecular complexity index is 1240. The zero-order chi connectivity index (χ0) is 23.8. The number of ether oxygens (including phenoxy) is 4. The number of aliphatic hydroxyl groups is 4. The number of rotatable bonds is 4. The first-order valence-corrected chi connectivity index (χ1v) is 10.9. The molecule has 180 valence electrons. The molecule has 0 bridgehead atoms. The van der Waals surface area contributed by atoms with E-state index in [9.17, 15) is 25.2 Å². The Morgan fingerprint density at radius 3 is 2.53 bits per heavy atom. The lowest BCUT2D eigenvalue weighted by molar-refractivity contribution is -0.277. The summed E-state index contributed by atoms with van der Waals surface area (Å²) in [6.45, 7) is 0.526. The Morgan fingerprint density at radius 1 is 0.941 bits per heavy atom. The standard InChI is InChI=1S/C24H24O10/c25-10-19-21(27)22(28)23(29)24(34-19)33-13-3-4-14-17(9-13)32-11-15(20(14)26)12-2-5-16-18(8-12)31-7-1-6-30-16/h2-5,8-9,11,19,21-25,27-29H,1,6-7,10H2/t19-,21-,22-,23-,24+/m1/s1. The normalized spacial score (nSPS) is 26.8. The van der Waals surface area contributed by atoms with Gasteiger partial charge in [-0.05, 0) is 29.8 Å². The molecule has 5 rings (SSSR count). The van der Waals surface area contributed by atoms with Gasteiger partial charge in [0.1, 0.15) is 42.0 Å². The van der Waals surface area contributed by atoms with Crippen molar-refractivity contribution < 1.29 is 43.8 Å². The van der Waals surface area contributed by atoms with E-state index in [4.69, 9.17) is 23.4 Å². The summed E-state index contributed by atoms with van der Waals surface area (Å²) in [5.41, 5.74) is 0.965. The monoisotopic (exact) mass is 472 g/mol. The second kappa shape index (κ2) is 9.24. The molecule has 10 nitrogen and oxygen atoms in total. The van der Waals surface area contributed by atoms with Gasteiger partial charge in [0, 0.05) is 12.5 Å². The highest BCUT2D eigenvalue weighted by atomic mass is 16.7. The highest BCUT2D eigenvalue weighted by molar-refractivity contribution is 5.83. The molecule has 1 saturated heterocycles.